The lowest BCUT2D eigenvalue weighted by atomic mass is 10.1. The molecule has 1 N–H and O–H groups in total. The van der Waals surface area contributed by atoms with Crippen LogP contribution in [0, 0.1) is 0 Å². The Balaban J connectivity index is 0.000000518. The first kappa shape index (κ1) is 20.9. The average Bonchev–Trinajstić information content (AvgIpc) is 2.86. The molecule has 1 aliphatic heterocycles. The Morgan fingerprint density at radius 2 is 0.864 bits per heavy atom. The molecular formula is C19H37N3. The Kier molecular flexibility index (Phi) is 18.9. The van der Waals surface area contributed by atoms with Crippen molar-refractivity contribution in [2.75, 3.05) is 0 Å². The van der Waals surface area contributed by atoms with E-state index in [-0.39, 0.29) is 0 Å². The van der Waals surface area contributed by atoms with E-state index in [9.17, 15) is 0 Å². The lowest BCUT2D eigenvalue weighted by Gasteiger charge is -2.01. The van der Waals surface area contributed by atoms with Gasteiger partial charge in [0, 0.05) is 12.4 Å². The Morgan fingerprint density at radius 1 is 0.545 bits per heavy atom. The van der Waals surface area contributed by atoms with Crippen LogP contribution in [0.1, 0.15) is 97.3 Å². The summed E-state index contributed by atoms with van der Waals surface area (Å²) in [6.45, 7) is 4.58. The van der Waals surface area contributed by atoms with Gasteiger partial charge >= 0.3 is 0 Å². The minimum absolute atomic E-state index is 1.37. The number of unbranched alkanes of at least 4 members (excludes halogenated alkanes) is 12. The van der Waals surface area contributed by atoms with Crippen molar-refractivity contribution < 1.29 is 0 Å². The second-order valence-electron chi connectivity index (χ2n) is 5.93. The van der Waals surface area contributed by atoms with E-state index in [1.165, 1.54) is 83.5 Å². The summed E-state index contributed by atoms with van der Waals surface area (Å²) in [6, 6.07) is 0. The third-order valence-corrected chi connectivity index (χ3v) is 3.75. The van der Waals surface area contributed by atoms with Gasteiger partial charge in [-0.3, -0.25) is 0 Å². The number of hydrogen-bond acceptors (Lipinski definition) is 3. The van der Waals surface area contributed by atoms with Gasteiger partial charge in [-0.25, -0.2) is 0 Å². The van der Waals surface area contributed by atoms with Crippen molar-refractivity contribution >= 4 is 12.4 Å². The lowest BCUT2D eigenvalue weighted by Crippen LogP contribution is -1.90. The first-order chi connectivity index (χ1) is 10.9. The monoisotopic (exact) mass is 307 g/mol. The van der Waals surface area contributed by atoms with Crippen LogP contribution < -0.4 is 5.53 Å². The Morgan fingerprint density at radius 3 is 1.18 bits per heavy atom. The van der Waals surface area contributed by atoms with Crippen LogP contribution in [0.2, 0.25) is 0 Å². The minimum atomic E-state index is 1.37. The molecule has 0 aliphatic carbocycles. The van der Waals surface area contributed by atoms with E-state index in [1.807, 2.05) is 0 Å². The maximum atomic E-state index is 3.61. The predicted molar refractivity (Wildman–Crippen MR) is 101 cm³/mol. The molecule has 0 spiro atoms. The molecule has 1 rings (SSSR count). The van der Waals surface area contributed by atoms with Crippen LogP contribution in [0.5, 0.6) is 0 Å². The van der Waals surface area contributed by atoms with Crippen molar-refractivity contribution in [3.63, 3.8) is 0 Å². The van der Waals surface area contributed by atoms with Crippen LogP contribution >= 0.6 is 0 Å². The molecule has 0 fully saturated rings. The SMILES string of the molecule is C1=CC=NNN=C1.CCCCCCCCCCCCCCC. The first-order valence-electron chi connectivity index (χ1n) is 9.38. The van der Waals surface area contributed by atoms with Crippen molar-refractivity contribution in [2.24, 2.45) is 10.2 Å². The molecule has 0 saturated carbocycles. The highest BCUT2D eigenvalue weighted by atomic mass is 15.5. The zero-order valence-electron chi connectivity index (χ0n) is 14.9. The summed E-state index contributed by atoms with van der Waals surface area (Å²) < 4.78 is 0. The van der Waals surface area contributed by atoms with Crippen LogP contribution in [-0.4, -0.2) is 12.4 Å². The highest BCUT2D eigenvalue weighted by molar-refractivity contribution is 5.81. The predicted octanol–water partition coefficient (Wildman–Crippen LogP) is 6.21. The maximum Gasteiger partial charge on any atom is 0.0489 e. The summed E-state index contributed by atoms with van der Waals surface area (Å²) in [5, 5.41) is 7.22. The van der Waals surface area contributed by atoms with Crippen LogP contribution in [0.15, 0.2) is 22.4 Å². The fourth-order valence-electron chi connectivity index (χ4n) is 2.38. The van der Waals surface area contributed by atoms with Crippen molar-refractivity contribution in [2.45, 2.75) is 97.3 Å². The number of hydrogen-bond donors (Lipinski definition) is 1. The molecule has 0 amide bonds. The van der Waals surface area contributed by atoms with Crippen LogP contribution in [-0.2, 0) is 0 Å². The Hall–Kier alpha value is -1.12. The molecule has 0 bridgehead atoms. The van der Waals surface area contributed by atoms with Crippen LogP contribution in [0.4, 0.5) is 0 Å². The molecule has 0 aromatic carbocycles. The molecule has 0 atom stereocenters. The highest BCUT2D eigenvalue weighted by Crippen LogP contribution is 2.12. The molecule has 128 valence electrons. The molecule has 0 unspecified atom stereocenters. The highest BCUT2D eigenvalue weighted by Gasteiger charge is 1.92. The summed E-state index contributed by atoms with van der Waals surface area (Å²) in [4.78, 5) is 0. The van der Waals surface area contributed by atoms with E-state index in [0.717, 1.165) is 0 Å². The summed E-state index contributed by atoms with van der Waals surface area (Å²) >= 11 is 0. The third kappa shape index (κ3) is 18.9. The topological polar surface area (TPSA) is 36.8 Å². The molecular weight excluding hydrogens is 270 g/mol. The van der Waals surface area contributed by atoms with Gasteiger partial charge in [-0.05, 0) is 12.2 Å². The van der Waals surface area contributed by atoms with E-state index >= 15 is 0 Å². The van der Waals surface area contributed by atoms with Gasteiger partial charge in [0.1, 0.15) is 0 Å². The second-order valence-corrected chi connectivity index (χ2v) is 5.93. The molecule has 0 radical (unpaired) electrons. The largest absolute Gasteiger partial charge is 0.198 e. The zero-order chi connectivity index (χ0) is 16.1. The normalized spacial score (nSPS) is 12.5. The number of nitrogens with one attached hydrogen (secondary N) is 1. The van der Waals surface area contributed by atoms with Gasteiger partial charge in [-0.2, -0.15) is 15.7 Å². The fraction of sp³-hybridized carbons (Fsp3) is 0.789. The van der Waals surface area contributed by atoms with E-state index in [1.54, 1.807) is 24.6 Å². The molecule has 3 nitrogen and oxygen atoms in total. The van der Waals surface area contributed by atoms with Gasteiger partial charge in [0.05, 0.1) is 0 Å². The van der Waals surface area contributed by atoms with E-state index in [2.05, 4.69) is 29.6 Å². The molecule has 3 heteroatoms. The number of hydrazone groups is 2. The molecule has 1 heterocycles. The maximum absolute atomic E-state index is 3.61. The fourth-order valence-corrected chi connectivity index (χ4v) is 2.38. The van der Waals surface area contributed by atoms with Gasteiger partial charge in [-0.1, -0.05) is 97.3 Å². The Bertz CT molecular complexity index is 256. The van der Waals surface area contributed by atoms with Crippen molar-refractivity contribution in [1.82, 2.24) is 5.53 Å². The van der Waals surface area contributed by atoms with Crippen LogP contribution in [0.25, 0.3) is 0 Å². The smallest absolute Gasteiger partial charge is 0.0489 e. The average molecular weight is 308 g/mol. The van der Waals surface area contributed by atoms with Crippen molar-refractivity contribution in [3.8, 4) is 0 Å². The van der Waals surface area contributed by atoms with Gasteiger partial charge < -0.3 is 0 Å². The van der Waals surface area contributed by atoms with E-state index < -0.39 is 0 Å². The third-order valence-electron chi connectivity index (χ3n) is 3.75. The molecule has 0 aromatic heterocycles. The lowest BCUT2D eigenvalue weighted by molar-refractivity contribution is 0.542. The summed E-state index contributed by atoms with van der Waals surface area (Å²) in [7, 11) is 0. The van der Waals surface area contributed by atoms with Gasteiger partial charge in [0.25, 0.3) is 0 Å². The molecule has 0 aromatic rings. The number of allylic oxidation sites excluding steroid dienone is 2. The van der Waals surface area contributed by atoms with Crippen LogP contribution in [0.3, 0.4) is 0 Å². The van der Waals surface area contributed by atoms with Gasteiger partial charge in [-0.15, -0.1) is 0 Å². The number of nitrogens with zero attached hydrogens (tertiary/aromatic N) is 2. The van der Waals surface area contributed by atoms with Gasteiger partial charge in [0.2, 0.25) is 0 Å². The second kappa shape index (κ2) is 19.9. The van der Waals surface area contributed by atoms with Gasteiger partial charge in [0.15, 0.2) is 0 Å². The molecule has 22 heavy (non-hydrogen) atoms. The molecule has 1 aliphatic rings. The van der Waals surface area contributed by atoms with Crippen molar-refractivity contribution in [1.29, 1.82) is 0 Å². The first-order valence-corrected chi connectivity index (χ1v) is 9.38. The summed E-state index contributed by atoms with van der Waals surface area (Å²) in [5.74, 6) is 0. The number of rotatable bonds is 12. The zero-order valence-corrected chi connectivity index (χ0v) is 14.9. The summed E-state index contributed by atoms with van der Waals surface area (Å²) in [5.41, 5.74) is 2.42. The quantitative estimate of drug-likeness (QED) is 0.427. The minimum Gasteiger partial charge on any atom is -0.198 e. The Labute approximate surface area is 138 Å². The van der Waals surface area contributed by atoms with E-state index in [4.69, 9.17) is 0 Å². The van der Waals surface area contributed by atoms with Crippen molar-refractivity contribution in [3.05, 3.63) is 12.2 Å². The van der Waals surface area contributed by atoms with E-state index in [0.29, 0.717) is 0 Å². The molecule has 0 saturated heterocycles. The standard InChI is InChI=1S/C15H32.C4H5N3/c1-3-5-7-9-11-13-15-14-12-10-8-6-4-2;1-2-4-6-7-5-3-1/h3-15H2,1-2H3;1-4,7H. The summed E-state index contributed by atoms with van der Waals surface area (Å²) in [6.07, 6.45) is 25.8.